The molecule has 1 aliphatic carbocycles. The van der Waals surface area contributed by atoms with Crippen LogP contribution in [0.2, 0.25) is 0 Å². The summed E-state index contributed by atoms with van der Waals surface area (Å²) in [5.74, 6) is 2.01. The Morgan fingerprint density at radius 3 is 2.77 bits per heavy atom. The van der Waals surface area contributed by atoms with Crippen LogP contribution in [0.1, 0.15) is 44.1 Å². The zero-order valence-electron chi connectivity index (χ0n) is 17.7. The summed E-state index contributed by atoms with van der Waals surface area (Å²) in [4.78, 5) is 30.3. The van der Waals surface area contributed by atoms with Crippen molar-refractivity contribution >= 4 is 11.8 Å². The van der Waals surface area contributed by atoms with Crippen molar-refractivity contribution in [1.29, 1.82) is 0 Å². The number of carbonyl (C=O) groups excluding carboxylic acids is 2. The Kier molecular flexibility index (Phi) is 5.21. The number of piperidine rings is 3. The number of benzene rings is 1. The van der Waals surface area contributed by atoms with Crippen molar-refractivity contribution in [3.05, 3.63) is 29.8 Å². The van der Waals surface area contributed by atoms with Crippen LogP contribution in [0.15, 0.2) is 24.3 Å². The van der Waals surface area contributed by atoms with E-state index in [0.29, 0.717) is 31.1 Å². The lowest BCUT2D eigenvalue weighted by Gasteiger charge is -2.57. The van der Waals surface area contributed by atoms with E-state index in [1.54, 1.807) is 7.11 Å². The first-order valence-electron chi connectivity index (χ1n) is 11.4. The molecule has 2 bridgehead atoms. The highest BCUT2D eigenvalue weighted by molar-refractivity contribution is 5.80. The molecule has 1 saturated carbocycles. The molecule has 1 N–H and O–H groups in total. The van der Waals surface area contributed by atoms with Crippen LogP contribution >= 0.6 is 0 Å². The maximum atomic E-state index is 13.0. The van der Waals surface area contributed by atoms with Gasteiger partial charge in [-0.25, -0.2) is 0 Å². The average molecular weight is 413 g/mol. The van der Waals surface area contributed by atoms with Gasteiger partial charge in [0.2, 0.25) is 11.8 Å². The first-order chi connectivity index (χ1) is 14.5. The largest absolute Gasteiger partial charge is 0.497 e. The van der Waals surface area contributed by atoms with E-state index in [1.807, 2.05) is 12.1 Å². The standard InChI is InChI=1S/C24H32N2O4/c1-30-20-5-2-4-15(8-20)9-22-18-10-17(21-6-3-7-23(28)26(21)22)13-25(14-18)24(29)16-11-19(27)12-16/h2,4-5,8,16-19,21-22,27H,3,6-7,9-14H2,1H3/t16?,17-,18+,19?,21+,22+/m1/s1. The molecule has 30 heavy (non-hydrogen) atoms. The van der Waals surface area contributed by atoms with Crippen LogP contribution in [0.4, 0.5) is 0 Å². The molecule has 0 unspecified atom stereocenters. The number of carbonyl (C=O) groups is 2. The van der Waals surface area contributed by atoms with E-state index in [4.69, 9.17) is 4.74 Å². The summed E-state index contributed by atoms with van der Waals surface area (Å²) in [6.07, 6.45) is 5.44. The number of rotatable bonds is 4. The van der Waals surface area contributed by atoms with Gasteiger partial charge in [-0.05, 0) is 68.1 Å². The van der Waals surface area contributed by atoms with Gasteiger partial charge in [-0.15, -0.1) is 0 Å². The normalized spacial score (nSPS) is 35.5. The lowest BCUT2D eigenvalue weighted by atomic mass is 9.70. The van der Waals surface area contributed by atoms with Crippen molar-refractivity contribution in [3.8, 4) is 5.75 Å². The van der Waals surface area contributed by atoms with Crippen molar-refractivity contribution in [2.24, 2.45) is 17.8 Å². The Morgan fingerprint density at radius 1 is 1.20 bits per heavy atom. The van der Waals surface area contributed by atoms with E-state index in [1.165, 1.54) is 5.56 Å². The SMILES string of the molecule is COc1cccc(C[C@H]2[C@H]3C[C@H](CN(C(=O)C4CC(O)C4)C3)[C@@H]3CCCC(=O)N32)c1. The van der Waals surface area contributed by atoms with Gasteiger partial charge < -0.3 is 19.6 Å². The van der Waals surface area contributed by atoms with Crippen LogP contribution in [-0.4, -0.2) is 65.1 Å². The molecule has 162 valence electrons. The molecule has 6 heteroatoms. The van der Waals surface area contributed by atoms with Crippen LogP contribution < -0.4 is 4.74 Å². The maximum Gasteiger partial charge on any atom is 0.225 e. The van der Waals surface area contributed by atoms with Crippen molar-refractivity contribution in [1.82, 2.24) is 9.80 Å². The number of aliphatic hydroxyl groups excluding tert-OH is 1. The number of aliphatic hydroxyl groups is 1. The summed E-state index contributed by atoms with van der Waals surface area (Å²) in [6, 6.07) is 8.52. The molecule has 0 spiro atoms. The molecule has 2 amide bonds. The van der Waals surface area contributed by atoms with Crippen LogP contribution in [0, 0.1) is 17.8 Å². The molecular weight excluding hydrogens is 380 g/mol. The fraction of sp³-hybridized carbons (Fsp3) is 0.667. The number of hydrogen-bond acceptors (Lipinski definition) is 4. The van der Waals surface area contributed by atoms with E-state index in [2.05, 4.69) is 21.9 Å². The zero-order valence-corrected chi connectivity index (χ0v) is 17.7. The Morgan fingerprint density at radius 2 is 2.00 bits per heavy atom. The van der Waals surface area contributed by atoms with Crippen LogP contribution in [0.25, 0.3) is 0 Å². The third-order valence-electron chi connectivity index (χ3n) is 7.85. The molecule has 4 fully saturated rings. The number of ether oxygens (including phenoxy) is 1. The maximum absolute atomic E-state index is 13.0. The van der Waals surface area contributed by atoms with Gasteiger partial charge in [0, 0.05) is 37.5 Å². The lowest BCUT2D eigenvalue weighted by Crippen LogP contribution is -2.66. The summed E-state index contributed by atoms with van der Waals surface area (Å²) in [5.41, 5.74) is 1.18. The van der Waals surface area contributed by atoms with Crippen molar-refractivity contribution in [2.45, 2.75) is 63.1 Å². The number of nitrogens with zero attached hydrogens (tertiary/aromatic N) is 2. The first kappa shape index (κ1) is 19.9. The van der Waals surface area contributed by atoms with Gasteiger partial charge in [0.15, 0.2) is 0 Å². The monoisotopic (exact) mass is 412 g/mol. The molecule has 0 aromatic heterocycles. The van der Waals surface area contributed by atoms with Gasteiger partial charge in [0.25, 0.3) is 0 Å². The Labute approximate surface area is 178 Å². The number of fused-ring (bicyclic) bond motifs is 4. The summed E-state index contributed by atoms with van der Waals surface area (Å²) in [5, 5.41) is 9.63. The van der Waals surface area contributed by atoms with Crippen molar-refractivity contribution < 1.29 is 19.4 Å². The van der Waals surface area contributed by atoms with Crippen LogP contribution in [-0.2, 0) is 16.0 Å². The Balaban J connectivity index is 1.40. The topological polar surface area (TPSA) is 70.1 Å². The highest BCUT2D eigenvalue weighted by atomic mass is 16.5. The Hall–Kier alpha value is -2.08. The van der Waals surface area contributed by atoms with E-state index < -0.39 is 0 Å². The summed E-state index contributed by atoms with van der Waals surface area (Å²) < 4.78 is 5.40. The third-order valence-corrected chi connectivity index (χ3v) is 7.85. The van der Waals surface area contributed by atoms with Gasteiger partial charge in [0.1, 0.15) is 5.75 Å². The molecule has 6 nitrogen and oxygen atoms in total. The summed E-state index contributed by atoms with van der Waals surface area (Å²) in [7, 11) is 1.68. The molecule has 1 aromatic carbocycles. The molecular formula is C24H32N2O4. The van der Waals surface area contributed by atoms with Crippen LogP contribution in [0.3, 0.4) is 0 Å². The fourth-order valence-corrected chi connectivity index (χ4v) is 6.31. The second-order valence-corrected chi connectivity index (χ2v) is 9.70. The van der Waals surface area contributed by atoms with Gasteiger partial charge in [0.05, 0.1) is 13.2 Å². The smallest absolute Gasteiger partial charge is 0.225 e. The van der Waals surface area contributed by atoms with Gasteiger partial charge in [-0.2, -0.15) is 0 Å². The predicted molar refractivity (Wildman–Crippen MR) is 112 cm³/mol. The molecule has 1 aromatic rings. The molecule has 3 aliphatic heterocycles. The zero-order chi connectivity index (χ0) is 20.8. The quantitative estimate of drug-likeness (QED) is 0.823. The molecule has 4 atom stereocenters. The highest BCUT2D eigenvalue weighted by Crippen LogP contribution is 2.43. The average Bonchev–Trinajstić information content (AvgIpc) is 2.74. The number of hydrogen-bond donors (Lipinski definition) is 1. The van der Waals surface area contributed by atoms with E-state index in [0.717, 1.165) is 44.5 Å². The van der Waals surface area contributed by atoms with Crippen molar-refractivity contribution in [2.75, 3.05) is 20.2 Å². The first-order valence-corrected chi connectivity index (χ1v) is 11.4. The number of likely N-dealkylation sites (tertiary alicyclic amines) is 1. The molecule has 3 heterocycles. The predicted octanol–water partition coefficient (Wildman–Crippen LogP) is 2.24. The van der Waals surface area contributed by atoms with Gasteiger partial charge >= 0.3 is 0 Å². The van der Waals surface area contributed by atoms with Crippen LogP contribution in [0.5, 0.6) is 5.75 Å². The van der Waals surface area contributed by atoms with Gasteiger partial charge in [-0.1, -0.05) is 12.1 Å². The lowest BCUT2D eigenvalue weighted by molar-refractivity contribution is -0.160. The van der Waals surface area contributed by atoms with E-state index in [9.17, 15) is 14.7 Å². The minimum absolute atomic E-state index is 0.0141. The third kappa shape index (κ3) is 3.49. The Bertz CT molecular complexity index is 821. The molecule has 4 aliphatic rings. The van der Waals surface area contributed by atoms with E-state index >= 15 is 0 Å². The van der Waals surface area contributed by atoms with Crippen molar-refractivity contribution in [3.63, 3.8) is 0 Å². The highest BCUT2D eigenvalue weighted by Gasteiger charge is 2.50. The summed E-state index contributed by atoms with van der Waals surface area (Å²) in [6.45, 7) is 1.50. The molecule has 0 radical (unpaired) electrons. The molecule has 5 rings (SSSR count). The summed E-state index contributed by atoms with van der Waals surface area (Å²) >= 11 is 0. The fourth-order valence-electron chi connectivity index (χ4n) is 6.31. The minimum atomic E-state index is -0.310. The number of methoxy groups -OCH3 is 1. The van der Waals surface area contributed by atoms with E-state index in [-0.39, 0.29) is 35.9 Å². The second-order valence-electron chi connectivity index (χ2n) is 9.70. The number of amides is 2. The second kappa shape index (κ2) is 7.88. The minimum Gasteiger partial charge on any atom is -0.497 e. The molecule has 3 saturated heterocycles. The van der Waals surface area contributed by atoms with Gasteiger partial charge in [-0.3, -0.25) is 9.59 Å².